The first-order valence-electron chi connectivity index (χ1n) is 4.19. The number of carbonyl (C=O) groups excluding carboxylic acids is 1. The molecule has 0 unspecified atom stereocenters. The average Bonchev–Trinajstić information content (AvgIpc) is 2.18. The first-order chi connectivity index (χ1) is 6.33. The molecule has 0 saturated carbocycles. The third kappa shape index (κ3) is 1.99. The number of nitrogens with one attached hydrogen (secondary N) is 1. The van der Waals surface area contributed by atoms with Crippen LogP contribution in [0.15, 0.2) is 18.2 Å². The number of ether oxygens (including phenoxy) is 1. The molecule has 1 amide bonds. The Kier molecular flexibility index (Phi) is 3.31. The summed E-state index contributed by atoms with van der Waals surface area (Å²) in [7, 11) is 1.62. The summed E-state index contributed by atoms with van der Waals surface area (Å²) in [6.45, 7) is 2.02. The van der Waals surface area contributed by atoms with Crippen LogP contribution in [-0.4, -0.2) is 13.5 Å². The summed E-state index contributed by atoms with van der Waals surface area (Å²) in [5.74, 6) is 0.814. The number of hydrogen-bond acceptors (Lipinski definition) is 2. The van der Waals surface area contributed by atoms with E-state index in [1.165, 1.54) is 0 Å². The molecule has 0 aromatic heterocycles. The van der Waals surface area contributed by atoms with Gasteiger partial charge in [-0.25, -0.2) is 0 Å². The molecule has 3 nitrogen and oxygen atoms in total. The van der Waals surface area contributed by atoms with Crippen LogP contribution in [0.4, 0.5) is 5.69 Å². The van der Waals surface area contributed by atoms with Crippen LogP contribution >= 0.6 is 0 Å². The SMILES string of the molecule is CCc1c(NC=O)cccc1OC. The van der Waals surface area contributed by atoms with Gasteiger partial charge in [0.15, 0.2) is 0 Å². The zero-order chi connectivity index (χ0) is 9.68. The van der Waals surface area contributed by atoms with E-state index in [0.717, 1.165) is 23.4 Å². The van der Waals surface area contributed by atoms with E-state index in [1.807, 2.05) is 25.1 Å². The molecule has 13 heavy (non-hydrogen) atoms. The fourth-order valence-corrected chi connectivity index (χ4v) is 1.32. The first-order valence-corrected chi connectivity index (χ1v) is 4.19. The predicted octanol–water partition coefficient (Wildman–Crippen LogP) is 1.83. The zero-order valence-electron chi connectivity index (χ0n) is 7.83. The molecule has 0 bridgehead atoms. The monoisotopic (exact) mass is 179 g/mol. The summed E-state index contributed by atoms with van der Waals surface area (Å²) < 4.78 is 5.17. The Hall–Kier alpha value is -1.51. The van der Waals surface area contributed by atoms with Crippen LogP contribution in [0.2, 0.25) is 0 Å². The first kappa shape index (κ1) is 9.58. The highest BCUT2D eigenvalue weighted by molar-refractivity contribution is 5.74. The molecule has 1 aromatic rings. The van der Waals surface area contributed by atoms with Crippen molar-refractivity contribution in [3.8, 4) is 5.75 Å². The van der Waals surface area contributed by atoms with Crippen molar-refractivity contribution in [2.24, 2.45) is 0 Å². The van der Waals surface area contributed by atoms with E-state index in [1.54, 1.807) is 7.11 Å². The fourth-order valence-electron chi connectivity index (χ4n) is 1.32. The molecule has 1 aromatic carbocycles. The van der Waals surface area contributed by atoms with E-state index in [2.05, 4.69) is 5.32 Å². The Morgan fingerprint density at radius 2 is 2.31 bits per heavy atom. The Balaban J connectivity index is 3.10. The van der Waals surface area contributed by atoms with Crippen LogP contribution in [0.1, 0.15) is 12.5 Å². The Labute approximate surface area is 77.7 Å². The minimum atomic E-state index is 0.675. The van der Waals surface area contributed by atoms with Crippen molar-refractivity contribution in [1.29, 1.82) is 0 Å². The fraction of sp³-hybridized carbons (Fsp3) is 0.300. The number of benzene rings is 1. The smallest absolute Gasteiger partial charge is 0.211 e. The zero-order valence-corrected chi connectivity index (χ0v) is 7.83. The van der Waals surface area contributed by atoms with E-state index in [0.29, 0.717) is 6.41 Å². The standard InChI is InChI=1S/C10H13NO2/c1-3-8-9(11-7-12)5-4-6-10(8)13-2/h4-7H,3H2,1-2H3,(H,11,12). The molecule has 0 aliphatic carbocycles. The van der Waals surface area contributed by atoms with Crippen molar-refractivity contribution in [3.05, 3.63) is 23.8 Å². The maximum atomic E-state index is 10.3. The third-order valence-electron chi connectivity index (χ3n) is 1.92. The van der Waals surface area contributed by atoms with E-state index in [-0.39, 0.29) is 0 Å². The van der Waals surface area contributed by atoms with Gasteiger partial charge in [0.05, 0.1) is 7.11 Å². The van der Waals surface area contributed by atoms with Gasteiger partial charge in [-0.3, -0.25) is 4.79 Å². The summed E-state index contributed by atoms with van der Waals surface area (Å²) in [4.78, 5) is 10.3. The van der Waals surface area contributed by atoms with Gasteiger partial charge in [-0.05, 0) is 18.6 Å². The normalized spacial score (nSPS) is 9.38. The number of hydrogen-bond donors (Lipinski definition) is 1. The molecule has 1 N–H and O–H groups in total. The molecular weight excluding hydrogens is 166 g/mol. The maximum absolute atomic E-state index is 10.3. The summed E-state index contributed by atoms with van der Waals surface area (Å²) in [6, 6.07) is 5.59. The lowest BCUT2D eigenvalue weighted by Crippen LogP contribution is -2.00. The number of methoxy groups -OCH3 is 1. The molecule has 0 aliphatic rings. The third-order valence-corrected chi connectivity index (χ3v) is 1.92. The molecule has 1 rings (SSSR count). The van der Waals surface area contributed by atoms with Crippen LogP contribution < -0.4 is 10.1 Å². The van der Waals surface area contributed by atoms with Gasteiger partial charge in [0, 0.05) is 11.3 Å². The Morgan fingerprint density at radius 3 is 2.85 bits per heavy atom. The summed E-state index contributed by atoms with van der Waals surface area (Å²) >= 11 is 0. The van der Waals surface area contributed by atoms with E-state index < -0.39 is 0 Å². The van der Waals surface area contributed by atoms with Crippen molar-refractivity contribution >= 4 is 12.1 Å². The summed E-state index contributed by atoms with van der Waals surface area (Å²) in [6.07, 6.45) is 1.51. The van der Waals surface area contributed by atoms with Crippen LogP contribution in [0.5, 0.6) is 5.75 Å². The topological polar surface area (TPSA) is 38.3 Å². The van der Waals surface area contributed by atoms with Gasteiger partial charge in [-0.2, -0.15) is 0 Å². The largest absolute Gasteiger partial charge is 0.496 e. The van der Waals surface area contributed by atoms with Gasteiger partial charge in [0.1, 0.15) is 5.75 Å². The highest BCUT2D eigenvalue weighted by Crippen LogP contribution is 2.26. The van der Waals surface area contributed by atoms with E-state index in [9.17, 15) is 4.79 Å². The van der Waals surface area contributed by atoms with Crippen molar-refractivity contribution < 1.29 is 9.53 Å². The second kappa shape index (κ2) is 4.50. The molecule has 0 saturated heterocycles. The molecule has 70 valence electrons. The minimum absolute atomic E-state index is 0.675. The number of carbonyl (C=O) groups is 1. The lowest BCUT2D eigenvalue weighted by atomic mass is 10.1. The molecule has 0 spiro atoms. The molecule has 0 atom stereocenters. The van der Waals surface area contributed by atoms with Crippen molar-refractivity contribution in [2.45, 2.75) is 13.3 Å². The van der Waals surface area contributed by atoms with Crippen LogP contribution in [-0.2, 0) is 11.2 Å². The highest BCUT2D eigenvalue weighted by Gasteiger charge is 2.05. The average molecular weight is 179 g/mol. The van der Waals surface area contributed by atoms with Gasteiger partial charge in [0.25, 0.3) is 0 Å². The van der Waals surface area contributed by atoms with Crippen molar-refractivity contribution in [3.63, 3.8) is 0 Å². The molecule has 3 heteroatoms. The minimum Gasteiger partial charge on any atom is -0.496 e. The van der Waals surface area contributed by atoms with Gasteiger partial charge >= 0.3 is 0 Å². The van der Waals surface area contributed by atoms with E-state index in [4.69, 9.17) is 4.74 Å². The van der Waals surface area contributed by atoms with Crippen LogP contribution in [0, 0.1) is 0 Å². The van der Waals surface area contributed by atoms with E-state index >= 15 is 0 Å². The second-order valence-corrected chi connectivity index (χ2v) is 2.60. The quantitative estimate of drug-likeness (QED) is 0.716. The van der Waals surface area contributed by atoms with Crippen molar-refractivity contribution in [1.82, 2.24) is 0 Å². The molecule has 0 fully saturated rings. The lowest BCUT2D eigenvalue weighted by molar-refractivity contribution is -0.105. The Morgan fingerprint density at radius 1 is 1.54 bits per heavy atom. The molecule has 0 aliphatic heterocycles. The van der Waals surface area contributed by atoms with Gasteiger partial charge in [-0.1, -0.05) is 13.0 Å². The second-order valence-electron chi connectivity index (χ2n) is 2.60. The Bertz CT molecular complexity index is 297. The number of anilines is 1. The molecule has 0 heterocycles. The predicted molar refractivity (Wildman–Crippen MR) is 52.1 cm³/mol. The molecular formula is C10H13NO2. The summed E-state index contributed by atoms with van der Waals surface area (Å²) in [5, 5.41) is 2.64. The van der Waals surface area contributed by atoms with Crippen LogP contribution in [0.25, 0.3) is 0 Å². The van der Waals surface area contributed by atoms with Gasteiger partial charge in [-0.15, -0.1) is 0 Å². The highest BCUT2D eigenvalue weighted by atomic mass is 16.5. The summed E-state index contributed by atoms with van der Waals surface area (Å²) in [5.41, 5.74) is 1.84. The van der Waals surface area contributed by atoms with Crippen molar-refractivity contribution in [2.75, 3.05) is 12.4 Å². The maximum Gasteiger partial charge on any atom is 0.211 e. The van der Waals surface area contributed by atoms with Gasteiger partial charge < -0.3 is 10.1 Å². The molecule has 0 radical (unpaired) electrons. The number of amides is 1. The number of rotatable bonds is 4. The lowest BCUT2D eigenvalue weighted by Gasteiger charge is -2.10. The van der Waals surface area contributed by atoms with Crippen LogP contribution in [0.3, 0.4) is 0 Å². The van der Waals surface area contributed by atoms with Gasteiger partial charge in [0.2, 0.25) is 6.41 Å².